The van der Waals surface area contributed by atoms with Crippen LogP contribution in [0.3, 0.4) is 0 Å². The Hall–Kier alpha value is -3.47. The molecule has 0 aromatic heterocycles. The van der Waals surface area contributed by atoms with Crippen LogP contribution in [-0.4, -0.2) is 20.1 Å². The van der Waals surface area contributed by atoms with Crippen LogP contribution in [0, 0.1) is 6.92 Å². The quantitative estimate of drug-likeness (QED) is 0.647. The molecule has 3 aromatic carbocycles. The number of hydrogen-bond acceptors (Lipinski definition) is 4. The van der Waals surface area contributed by atoms with Gasteiger partial charge in [-0.2, -0.15) is 0 Å². The van der Waals surface area contributed by atoms with E-state index in [4.69, 9.17) is 9.47 Å². The highest BCUT2D eigenvalue weighted by Gasteiger charge is 2.10. The summed E-state index contributed by atoms with van der Waals surface area (Å²) in [7, 11) is 3.10. The predicted octanol–water partition coefficient (Wildman–Crippen LogP) is 5.01. The Morgan fingerprint density at radius 3 is 1.74 bits per heavy atom. The molecular formula is C22H22N2O3. The van der Waals surface area contributed by atoms with Crippen LogP contribution < -0.4 is 20.1 Å². The number of rotatable bonds is 6. The first-order valence-corrected chi connectivity index (χ1v) is 8.55. The molecule has 2 N–H and O–H groups in total. The summed E-state index contributed by atoms with van der Waals surface area (Å²) in [5.41, 5.74) is 4.35. The summed E-state index contributed by atoms with van der Waals surface area (Å²) < 4.78 is 10.4. The van der Waals surface area contributed by atoms with Crippen molar-refractivity contribution >= 4 is 23.0 Å². The van der Waals surface area contributed by atoms with Crippen LogP contribution in [0.25, 0.3) is 0 Å². The molecule has 0 aliphatic heterocycles. The lowest BCUT2D eigenvalue weighted by molar-refractivity contribution is 0.102. The molecule has 27 heavy (non-hydrogen) atoms. The fourth-order valence-corrected chi connectivity index (χ4v) is 2.58. The Labute approximate surface area is 158 Å². The highest BCUT2D eigenvalue weighted by molar-refractivity contribution is 6.04. The van der Waals surface area contributed by atoms with Gasteiger partial charge in [-0.05, 0) is 55.5 Å². The topological polar surface area (TPSA) is 59.6 Å². The van der Waals surface area contributed by atoms with E-state index in [9.17, 15) is 4.79 Å². The van der Waals surface area contributed by atoms with Crippen LogP contribution in [0.4, 0.5) is 17.1 Å². The monoisotopic (exact) mass is 362 g/mol. The van der Waals surface area contributed by atoms with Gasteiger partial charge in [-0.15, -0.1) is 0 Å². The summed E-state index contributed by atoms with van der Waals surface area (Å²) >= 11 is 0. The third kappa shape index (κ3) is 4.79. The van der Waals surface area contributed by atoms with Crippen molar-refractivity contribution < 1.29 is 14.3 Å². The van der Waals surface area contributed by atoms with Crippen molar-refractivity contribution in [3.8, 4) is 11.5 Å². The second-order valence-corrected chi connectivity index (χ2v) is 6.12. The van der Waals surface area contributed by atoms with Gasteiger partial charge in [0.05, 0.1) is 14.2 Å². The maximum absolute atomic E-state index is 12.5. The Kier molecular flexibility index (Phi) is 5.61. The first kappa shape index (κ1) is 18.3. The Morgan fingerprint density at radius 2 is 1.22 bits per heavy atom. The van der Waals surface area contributed by atoms with Crippen molar-refractivity contribution in [2.45, 2.75) is 6.92 Å². The molecule has 5 heteroatoms. The zero-order valence-corrected chi connectivity index (χ0v) is 15.6. The maximum Gasteiger partial charge on any atom is 0.255 e. The molecule has 0 spiro atoms. The average Bonchev–Trinajstić information content (AvgIpc) is 2.70. The molecule has 1 amide bonds. The van der Waals surface area contributed by atoms with Crippen LogP contribution >= 0.6 is 0 Å². The van der Waals surface area contributed by atoms with Gasteiger partial charge in [-0.1, -0.05) is 17.7 Å². The minimum absolute atomic E-state index is 0.230. The van der Waals surface area contributed by atoms with Gasteiger partial charge in [0, 0.05) is 28.7 Å². The van der Waals surface area contributed by atoms with Crippen LogP contribution in [0.2, 0.25) is 0 Å². The highest BCUT2D eigenvalue weighted by atomic mass is 16.5. The van der Waals surface area contributed by atoms with E-state index in [0.717, 1.165) is 11.4 Å². The molecule has 5 nitrogen and oxygen atoms in total. The number of methoxy groups -OCH3 is 2. The predicted molar refractivity (Wildman–Crippen MR) is 108 cm³/mol. The largest absolute Gasteiger partial charge is 0.497 e. The van der Waals surface area contributed by atoms with Crippen molar-refractivity contribution in [1.82, 2.24) is 0 Å². The molecule has 3 rings (SSSR count). The SMILES string of the molecule is COc1cc(OC)cc(C(=O)Nc2ccc(Nc3ccc(C)cc3)cc2)c1. The van der Waals surface area contributed by atoms with Crippen LogP contribution in [0.1, 0.15) is 15.9 Å². The van der Waals surface area contributed by atoms with Gasteiger partial charge in [0.25, 0.3) is 5.91 Å². The van der Waals surface area contributed by atoms with E-state index in [-0.39, 0.29) is 5.91 Å². The molecule has 0 saturated carbocycles. The Balaban J connectivity index is 1.69. The molecule has 0 saturated heterocycles. The third-order valence-electron chi connectivity index (χ3n) is 4.10. The smallest absolute Gasteiger partial charge is 0.255 e. The van der Waals surface area contributed by atoms with Gasteiger partial charge in [-0.25, -0.2) is 0 Å². The van der Waals surface area contributed by atoms with E-state index in [1.54, 1.807) is 32.4 Å². The number of hydrogen-bond donors (Lipinski definition) is 2. The average molecular weight is 362 g/mol. The van der Waals surface area contributed by atoms with E-state index < -0.39 is 0 Å². The molecule has 0 aliphatic carbocycles. The molecule has 138 valence electrons. The van der Waals surface area contributed by atoms with Crippen molar-refractivity contribution in [3.05, 3.63) is 77.9 Å². The number of ether oxygens (including phenoxy) is 2. The molecule has 0 aliphatic rings. The minimum Gasteiger partial charge on any atom is -0.497 e. The summed E-state index contributed by atoms with van der Waals surface area (Å²) in [5.74, 6) is 0.903. The normalized spacial score (nSPS) is 10.2. The molecule has 0 fully saturated rings. The van der Waals surface area contributed by atoms with Crippen LogP contribution in [0.5, 0.6) is 11.5 Å². The Morgan fingerprint density at radius 1 is 0.741 bits per heavy atom. The number of nitrogens with one attached hydrogen (secondary N) is 2. The number of carbonyl (C=O) groups is 1. The van der Waals surface area contributed by atoms with E-state index in [0.29, 0.717) is 22.7 Å². The van der Waals surface area contributed by atoms with Gasteiger partial charge >= 0.3 is 0 Å². The molecule has 0 bridgehead atoms. The van der Waals surface area contributed by atoms with E-state index in [1.807, 2.05) is 36.4 Å². The fraction of sp³-hybridized carbons (Fsp3) is 0.136. The van der Waals surface area contributed by atoms with Gasteiger partial charge in [0.1, 0.15) is 11.5 Å². The minimum atomic E-state index is -0.230. The maximum atomic E-state index is 12.5. The zero-order chi connectivity index (χ0) is 19.2. The molecular weight excluding hydrogens is 340 g/mol. The first-order chi connectivity index (χ1) is 13.1. The summed E-state index contributed by atoms with van der Waals surface area (Å²) in [5, 5.41) is 6.21. The van der Waals surface area contributed by atoms with Crippen molar-refractivity contribution in [3.63, 3.8) is 0 Å². The van der Waals surface area contributed by atoms with Gasteiger partial charge < -0.3 is 20.1 Å². The van der Waals surface area contributed by atoms with Gasteiger partial charge in [0.2, 0.25) is 0 Å². The van der Waals surface area contributed by atoms with Crippen molar-refractivity contribution in [1.29, 1.82) is 0 Å². The number of benzene rings is 3. The zero-order valence-electron chi connectivity index (χ0n) is 15.6. The lowest BCUT2D eigenvalue weighted by atomic mass is 10.1. The number of aryl methyl sites for hydroxylation is 1. The number of carbonyl (C=O) groups excluding carboxylic acids is 1. The summed E-state index contributed by atoms with van der Waals surface area (Å²) in [6, 6.07) is 20.8. The molecule has 0 unspecified atom stereocenters. The number of anilines is 3. The second-order valence-electron chi connectivity index (χ2n) is 6.12. The molecule has 0 heterocycles. The van der Waals surface area contributed by atoms with Crippen LogP contribution in [0.15, 0.2) is 66.7 Å². The van der Waals surface area contributed by atoms with Gasteiger partial charge in [0.15, 0.2) is 0 Å². The van der Waals surface area contributed by atoms with Crippen molar-refractivity contribution in [2.75, 3.05) is 24.9 Å². The van der Waals surface area contributed by atoms with E-state index in [1.165, 1.54) is 5.56 Å². The van der Waals surface area contributed by atoms with E-state index >= 15 is 0 Å². The third-order valence-corrected chi connectivity index (χ3v) is 4.10. The molecule has 3 aromatic rings. The lowest BCUT2D eigenvalue weighted by Crippen LogP contribution is -2.12. The van der Waals surface area contributed by atoms with Crippen molar-refractivity contribution in [2.24, 2.45) is 0 Å². The summed E-state index contributed by atoms with van der Waals surface area (Å²) in [4.78, 5) is 12.5. The molecule has 0 radical (unpaired) electrons. The number of amides is 1. The second kappa shape index (κ2) is 8.27. The standard InChI is InChI=1S/C22H22N2O3/c1-15-4-6-17(7-5-15)23-18-8-10-19(11-9-18)24-22(25)16-12-20(26-2)14-21(13-16)27-3/h4-14,23H,1-3H3,(H,24,25). The van der Waals surface area contributed by atoms with Crippen LogP contribution in [-0.2, 0) is 0 Å². The van der Waals surface area contributed by atoms with Gasteiger partial charge in [-0.3, -0.25) is 4.79 Å². The summed E-state index contributed by atoms with van der Waals surface area (Å²) in [6.45, 7) is 2.05. The highest BCUT2D eigenvalue weighted by Crippen LogP contribution is 2.24. The lowest BCUT2D eigenvalue weighted by Gasteiger charge is -2.11. The van der Waals surface area contributed by atoms with E-state index in [2.05, 4.69) is 29.7 Å². The molecule has 0 atom stereocenters. The fourth-order valence-electron chi connectivity index (χ4n) is 2.58. The summed E-state index contributed by atoms with van der Waals surface area (Å²) in [6.07, 6.45) is 0. The Bertz CT molecular complexity index is 897. The first-order valence-electron chi connectivity index (χ1n) is 8.55.